The Morgan fingerprint density at radius 1 is 0.721 bits per heavy atom. The molecule has 43 heavy (non-hydrogen) atoms. The van der Waals surface area contributed by atoms with Gasteiger partial charge < -0.3 is 10.6 Å². The van der Waals surface area contributed by atoms with Crippen LogP contribution in [0, 0.1) is 21.4 Å². The van der Waals surface area contributed by atoms with E-state index in [4.69, 9.17) is 0 Å². The molecule has 10 nitrogen and oxygen atoms in total. The van der Waals surface area contributed by atoms with Crippen LogP contribution in [0.2, 0.25) is 0 Å². The van der Waals surface area contributed by atoms with Gasteiger partial charge in [-0.1, -0.05) is 12.1 Å². The molecular weight excluding hydrogens is 544 g/mol. The molecule has 10 heteroatoms. The number of nitrogens with one attached hydrogen (secondary N) is 2. The quantitative estimate of drug-likeness (QED) is 0.150. The minimum atomic E-state index is -0.545. The highest BCUT2D eigenvalue weighted by molar-refractivity contribution is 6.06. The standard InChI is InChI=1S/C33H32N6O4/c1-38(2,3)28-15-12-26(13-16-28)35-32(40)23-9-7-22(8-10-23)29-17-11-24(20-30(29)37(42)43)33(41)36-27-14-18-31(39(4,5)6)25(19-27)21-34/h7-20H,1-6H3/p+2. The van der Waals surface area contributed by atoms with Gasteiger partial charge in [0.2, 0.25) is 0 Å². The van der Waals surface area contributed by atoms with Crippen LogP contribution in [0.3, 0.4) is 0 Å². The lowest BCUT2D eigenvalue weighted by Gasteiger charge is -2.24. The van der Waals surface area contributed by atoms with Crippen LogP contribution in [-0.4, -0.2) is 59.0 Å². The average molecular weight is 579 g/mol. The molecule has 0 unspecified atom stereocenters. The number of benzene rings is 4. The van der Waals surface area contributed by atoms with Crippen molar-refractivity contribution in [3.8, 4) is 17.2 Å². The number of quaternary nitrogens is 2. The van der Waals surface area contributed by atoms with E-state index in [1.165, 1.54) is 18.2 Å². The number of amides is 2. The summed E-state index contributed by atoms with van der Waals surface area (Å²) in [5, 5.41) is 27.1. The highest BCUT2D eigenvalue weighted by Crippen LogP contribution is 2.32. The third-order valence-corrected chi connectivity index (χ3v) is 6.91. The SMILES string of the molecule is C[N+](C)(C)c1ccc(NC(=O)c2ccc(-c3ccc(C(=O)Nc4ccc([N+](C)(C)C)c(C#N)c4)cc3[N+](=O)[O-])cc2)cc1. The van der Waals surface area contributed by atoms with Crippen molar-refractivity contribution in [2.45, 2.75) is 0 Å². The average Bonchev–Trinajstić information content (AvgIpc) is 2.96. The van der Waals surface area contributed by atoms with Crippen molar-refractivity contribution in [2.75, 3.05) is 52.9 Å². The molecule has 4 rings (SSSR count). The minimum absolute atomic E-state index is 0.0944. The molecule has 2 N–H and O–H groups in total. The van der Waals surface area contributed by atoms with Crippen LogP contribution < -0.4 is 19.6 Å². The summed E-state index contributed by atoms with van der Waals surface area (Å²) in [5.74, 6) is -0.849. The molecule has 218 valence electrons. The van der Waals surface area contributed by atoms with E-state index >= 15 is 0 Å². The predicted molar refractivity (Wildman–Crippen MR) is 171 cm³/mol. The number of anilines is 2. The van der Waals surface area contributed by atoms with Crippen molar-refractivity contribution in [3.63, 3.8) is 0 Å². The van der Waals surface area contributed by atoms with Gasteiger partial charge in [0.05, 0.1) is 52.8 Å². The third-order valence-electron chi connectivity index (χ3n) is 6.91. The highest BCUT2D eigenvalue weighted by Gasteiger charge is 2.21. The smallest absolute Gasteiger partial charge is 0.277 e. The van der Waals surface area contributed by atoms with Gasteiger partial charge in [-0.25, -0.2) is 0 Å². The van der Waals surface area contributed by atoms with Gasteiger partial charge >= 0.3 is 0 Å². The summed E-state index contributed by atoms with van der Waals surface area (Å²) >= 11 is 0. The fourth-order valence-corrected chi connectivity index (χ4v) is 4.56. The molecular formula is C33H34N6O4+2. The van der Waals surface area contributed by atoms with E-state index in [0.717, 1.165) is 11.4 Å². The molecule has 0 aromatic heterocycles. The Morgan fingerprint density at radius 2 is 1.28 bits per heavy atom. The van der Waals surface area contributed by atoms with E-state index in [0.29, 0.717) is 42.6 Å². The van der Waals surface area contributed by atoms with Crippen molar-refractivity contribution in [1.29, 1.82) is 5.26 Å². The lowest BCUT2D eigenvalue weighted by atomic mass is 10.00. The lowest BCUT2D eigenvalue weighted by Crippen LogP contribution is -2.35. The second kappa shape index (κ2) is 11.9. The molecule has 0 spiro atoms. The Morgan fingerprint density at radius 3 is 1.84 bits per heavy atom. The molecule has 0 saturated heterocycles. The first kappa shape index (κ1) is 30.6. The molecule has 0 aliphatic rings. The number of nitro groups is 1. The van der Waals surface area contributed by atoms with Crippen molar-refractivity contribution in [2.24, 2.45) is 0 Å². The van der Waals surface area contributed by atoms with Crippen molar-refractivity contribution in [3.05, 3.63) is 112 Å². The second-order valence-corrected chi connectivity index (χ2v) is 11.9. The largest absolute Gasteiger partial charge is 0.322 e. The zero-order chi connectivity index (χ0) is 31.5. The van der Waals surface area contributed by atoms with Gasteiger partial charge in [-0.2, -0.15) is 5.26 Å². The second-order valence-electron chi connectivity index (χ2n) is 11.9. The summed E-state index contributed by atoms with van der Waals surface area (Å²) in [6.07, 6.45) is 0. The Balaban J connectivity index is 1.52. The first-order valence-corrected chi connectivity index (χ1v) is 13.5. The molecule has 0 fully saturated rings. The van der Waals surface area contributed by atoms with Gasteiger partial charge in [0.1, 0.15) is 23.0 Å². The number of carbonyl (C=O) groups is 2. The number of hydrogen-bond acceptors (Lipinski definition) is 5. The van der Waals surface area contributed by atoms with E-state index in [-0.39, 0.29) is 17.2 Å². The summed E-state index contributed by atoms with van der Waals surface area (Å²) < 4.78 is 1.09. The number of carbonyl (C=O) groups excluding carboxylic acids is 2. The fourth-order valence-electron chi connectivity index (χ4n) is 4.56. The molecule has 0 bridgehead atoms. The molecule has 0 atom stereocenters. The van der Waals surface area contributed by atoms with E-state index in [2.05, 4.69) is 37.8 Å². The van der Waals surface area contributed by atoms with E-state index in [1.54, 1.807) is 42.5 Å². The van der Waals surface area contributed by atoms with Crippen LogP contribution in [0.5, 0.6) is 0 Å². The summed E-state index contributed by atoms with van der Waals surface area (Å²) in [5.41, 5.74) is 4.44. The van der Waals surface area contributed by atoms with Crippen LogP contribution in [0.4, 0.5) is 28.4 Å². The number of nitro benzene ring substituents is 1. The van der Waals surface area contributed by atoms with E-state index in [1.807, 2.05) is 45.4 Å². The summed E-state index contributed by atoms with van der Waals surface area (Å²) in [6, 6.07) is 25.5. The molecule has 4 aromatic rings. The van der Waals surface area contributed by atoms with Gasteiger partial charge in [0.15, 0.2) is 0 Å². The first-order chi connectivity index (χ1) is 20.2. The van der Waals surface area contributed by atoms with Crippen LogP contribution >= 0.6 is 0 Å². The zero-order valence-electron chi connectivity index (χ0n) is 25.0. The van der Waals surface area contributed by atoms with Crippen LogP contribution in [0.1, 0.15) is 26.3 Å². The third kappa shape index (κ3) is 7.11. The van der Waals surface area contributed by atoms with Crippen molar-refractivity contribution < 1.29 is 14.5 Å². The normalized spacial score (nSPS) is 11.4. The number of nitrogens with zero attached hydrogens (tertiary/aromatic N) is 4. The molecule has 0 aliphatic carbocycles. The van der Waals surface area contributed by atoms with Crippen LogP contribution in [-0.2, 0) is 0 Å². The van der Waals surface area contributed by atoms with Gasteiger partial charge in [-0.3, -0.25) is 28.7 Å². The summed E-state index contributed by atoms with van der Waals surface area (Å²) in [6.45, 7) is 0. The Labute approximate surface area is 250 Å². The van der Waals surface area contributed by atoms with Gasteiger partial charge in [0, 0.05) is 46.8 Å². The fraction of sp³-hybridized carbons (Fsp3) is 0.182. The molecule has 0 heterocycles. The number of rotatable bonds is 8. The summed E-state index contributed by atoms with van der Waals surface area (Å²) in [7, 11) is 12.0. The van der Waals surface area contributed by atoms with Crippen LogP contribution in [0.25, 0.3) is 11.1 Å². The Hall–Kier alpha value is -5.37. The van der Waals surface area contributed by atoms with Crippen molar-refractivity contribution >= 4 is 40.3 Å². The van der Waals surface area contributed by atoms with E-state index < -0.39 is 10.8 Å². The topological polar surface area (TPSA) is 125 Å². The monoisotopic (exact) mass is 578 g/mol. The Bertz CT molecular complexity index is 1740. The number of nitriles is 1. The maximum absolute atomic E-state index is 13.0. The maximum Gasteiger partial charge on any atom is 0.277 e. The Kier molecular flexibility index (Phi) is 8.43. The predicted octanol–water partition coefficient (Wildman–Crippen LogP) is 6.03. The first-order valence-electron chi connectivity index (χ1n) is 13.5. The molecule has 0 radical (unpaired) electrons. The van der Waals surface area contributed by atoms with E-state index in [9.17, 15) is 25.0 Å². The minimum Gasteiger partial charge on any atom is -0.322 e. The maximum atomic E-state index is 13.0. The highest BCUT2D eigenvalue weighted by atomic mass is 16.6. The number of hydrogen-bond donors (Lipinski definition) is 2. The summed E-state index contributed by atoms with van der Waals surface area (Å²) in [4.78, 5) is 37.2. The lowest BCUT2D eigenvalue weighted by molar-refractivity contribution is -0.384. The molecule has 4 aromatic carbocycles. The molecule has 0 aliphatic heterocycles. The molecule has 2 amide bonds. The van der Waals surface area contributed by atoms with Gasteiger partial charge in [-0.05, 0) is 54.1 Å². The van der Waals surface area contributed by atoms with Crippen molar-refractivity contribution in [1.82, 2.24) is 8.97 Å². The van der Waals surface area contributed by atoms with Gasteiger partial charge in [-0.15, -0.1) is 0 Å². The van der Waals surface area contributed by atoms with Gasteiger partial charge in [0.25, 0.3) is 17.5 Å². The zero-order valence-corrected chi connectivity index (χ0v) is 25.0. The van der Waals surface area contributed by atoms with Crippen LogP contribution in [0.15, 0.2) is 84.9 Å². The molecule has 0 saturated carbocycles.